The molecular formula is C21H37IN4O. The molecule has 2 rings (SSSR count). The quantitative estimate of drug-likeness (QED) is 0.350. The van der Waals surface area contributed by atoms with E-state index >= 15 is 0 Å². The Morgan fingerprint density at radius 3 is 2.37 bits per heavy atom. The minimum Gasteiger partial charge on any atom is -0.489 e. The molecule has 1 aromatic rings. The van der Waals surface area contributed by atoms with Crippen molar-refractivity contribution in [3.63, 3.8) is 0 Å². The molecule has 2 N–H and O–H groups in total. The van der Waals surface area contributed by atoms with Crippen molar-refractivity contribution in [1.82, 2.24) is 15.5 Å². The van der Waals surface area contributed by atoms with Crippen molar-refractivity contribution in [2.45, 2.75) is 52.7 Å². The molecule has 1 aromatic carbocycles. The number of hydrogen-bond acceptors (Lipinski definition) is 3. The second-order valence-electron chi connectivity index (χ2n) is 7.81. The van der Waals surface area contributed by atoms with Gasteiger partial charge in [-0.2, -0.15) is 0 Å². The van der Waals surface area contributed by atoms with E-state index in [-0.39, 0.29) is 30.1 Å². The summed E-state index contributed by atoms with van der Waals surface area (Å²) in [6.45, 7) is 13.0. The molecule has 0 amide bonds. The fourth-order valence-electron chi connectivity index (χ4n) is 3.30. The fourth-order valence-corrected chi connectivity index (χ4v) is 3.30. The van der Waals surface area contributed by atoms with Crippen molar-refractivity contribution < 1.29 is 4.74 Å². The number of nitrogens with zero attached hydrogens (tertiary/aromatic N) is 2. The van der Waals surface area contributed by atoms with Gasteiger partial charge in [-0.25, -0.2) is 0 Å². The van der Waals surface area contributed by atoms with Crippen LogP contribution in [0, 0.1) is 12.8 Å². The van der Waals surface area contributed by atoms with E-state index in [0.29, 0.717) is 6.04 Å². The van der Waals surface area contributed by atoms with Gasteiger partial charge in [-0.05, 0) is 44.7 Å². The largest absolute Gasteiger partial charge is 0.489 e. The number of rotatable bonds is 7. The molecule has 0 aromatic heterocycles. The number of aliphatic imine (C=N–C) groups is 1. The number of hydrogen-bond donors (Lipinski definition) is 2. The second-order valence-corrected chi connectivity index (χ2v) is 7.81. The Morgan fingerprint density at radius 1 is 1.19 bits per heavy atom. The van der Waals surface area contributed by atoms with Gasteiger partial charge >= 0.3 is 0 Å². The molecule has 1 atom stereocenters. The van der Waals surface area contributed by atoms with E-state index in [9.17, 15) is 0 Å². The van der Waals surface area contributed by atoms with E-state index in [4.69, 9.17) is 4.74 Å². The normalized spacial score (nSPS) is 17.3. The maximum atomic E-state index is 5.95. The van der Waals surface area contributed by atoms with Gasteiger partial charge in [-0.15, -0.1) is 24.0 Å². The number of guanidine groups is 1. The third-order valence-corrected chi connectivity index (χ3v) is 4.69. The van der Waals surface area contributed by atoms with Gasteiger partial charge in [0, 0.05) is 32.7 Å². The fraction of sp³-hybridized carbons (Fsp3) is 0.667. The zero-order valence-electron chi connectivity index (χ0n) is 17.5. The van der Waals surface area contributed by atoms with E-state index < -0.39 is 0 Å². The van der Waals surface area contributed by atoms with Crippen molar-refractivity contribution in [1.29, 1.82) is 0 Å². The summed E-state index contributed by atoms with van der Waals surface area (Å²) in [7, 11) is 1.83. The predicted octanol–water partition coefficient (Wildman–Crippen LogP) is 3.67. The van der Waals surface area contributed by atoms with Gasteiger partial charge in [-0.3, -0.25) is 4.99 Å². The number of likely N-dealkylation sites (tertiary alicyclic amines) is 1. The van der Waals surface area contributed by atoms with Crippen molar-refractivity contribution in [2.24, 2.45) is 10.9 Å². The number of benzene rings is 1. The topological polar surface area (TPSA) is 48.9 Å². The molecule has 1 aliphatic rings. The van der Waals surface area contributed by atoms with Gasteiger partial charge in [0.15, 0.2) is 5.96 Å². The summed E-state index contributed by atoms with van der Waals surface area (Å²) in [5, 5.41) is 6.95. The van der Waals surface area contributed by atoms with Crippen LogP contribution in [-0.4, -0.2) is 56.2 Å². The van der Waals surface area contributed by atoms with Crippen LogP contribution in [0.4, 0.5) is 0 Å². The number of aryl methyl sites for hydroxylation is 1. The van der Waals surface area contributed by atoms with Crippen LogP contribution in [0.25, 0.3) is 0 Å². The molecule has 0 aliphatic carbocycles. The van der Waals surface area contributed by atoms with E-state index in [2.05, 4.69) is 60.4 Å². The molecule has 0 bridgehead atoms. The van der Waals surface area contributed by atoms with Crippen LogP contribution in [-0.2, 0) is 0 Å². The SMILES string of the molecule is CN=C(NCC(C)Oc1ccc(C)cc1)NC1CCN(CC(C)C)CC1.I. The molecular weight excluding hydrogens is 451 g/mol. The van der Waals surface area contributed by atoms with Crippen molar-refractivity contribution in [3.05, 3.63) is 29.8 Å². The summed E-state index contributed by atoms with van der Waals surface area (Å²) in [5.41, 5.74) is 1.24. The molecule has 0 spiro atoms. The summed E-state index contributed by atoms with van der Waals surface area (Å²) in [6.07, 6.45) is 2.41. The second kappa shape index (κ2) is 12.4. The lowest BCUT2D eigenvalue weighted by molar-refractivity contribution is 0.186. The van der Waals surface area contributed by atoms with Gasteiger partial charge < -0.3 is 20.3 Å². The lowest BCUT2D eigenvalue weighted by Gasteiger charge is -2.34. The Kier molecular flexibility index (Phi) is 11.1. The first-order valence-corrected chi connectivity index (χ1v) is 9.89. The van der Waals surface area contributed by atoms with Gasteiger partial charge in [-0.1, -0.05) is 31.5 Å². The Balaban J connectivity index is 0.00000364. The van der Waals surface area contributed by atoms with E-state index in [1.165, 1.54) is 38.0 Å². The van der Waals surface area contributed by atoms with Crippen LogP contribution in [0.15, 0.2) is 29.3 Å². The molecule has 154 valence electrons. The molecule has 5 nitrogen and oxygen atoms in total. The lowest BCUT2D eigenvalue weighted by Crippen LogP contribution is -2.50. The maximum Gasteiger partial charge on any atom is 0.191 e. The molecule has 0 saturated carbocycles. The summed E-state index contributed by atoms with van der Waals surface area (Å²) in [5.74, 6) is 2.51. The zero-order valence-corrected chi connectivity index (χ0v) is 19.8. The first-order valence-electron chi connectivity index (χ1n) is 9.89. The van der Waals surface area contributed by atoms with Crippen LogP contribution in [0.2, 0.25) is 0 Å². The number of ether oxygens (including phenoxy) is 1. The van der Waals surface area contributed by atoms with E-state index in [1.54, 1.807) is 0 Å². The monoisotopic (exact) mass is 488 g/mol. The van der Waals surface area contributed by atoms with Crippen LogP contribution in [0.5, 0.6) is 5.75 Å². The van der Waals surface area contributed by atoms with Crippen LogP contribution >= 0.6 is 24.0 Å². The predicted molar refractivity (Wildman–Crippen MR) is 125 cm³/mol. The summed E-state index contributed by atoms with van der Waals surface area (Å²) < 4.78 is 5.95. The van der Waals surface area contributed by atoms with Crippen molar-refractivity contribution in [3.8, 4) is 5.75 Å². The molecule has 1 fully saturated rings. The van der Waals surface area contributed by atoms with Crippen LogP contribution < -0.4 is 15.4 Å². The Morgan fingerprint density at radius 2 is 1.81 bits per heavy atom. The Bertz CT molecular complexity index is 554. The zero-order chi connectivity index (χ0) is 18.9. The molecule has 1 saturated heterocycles. The molecule has 1 unspecified atom stereocenters. The van der Waals surface area contributed by atoms with Crippen molar-refractivity contribution in [2.75, 3.05) is 33.2 Å². The highest BCUT2D eigenvalue weighted by Crippen LogP contribution is 2.13. The van der Waals surface area contributed by atoms with Gasteiger partial charge in [0.2, 0.25) is 0 Å². The third-order valence-electron chi connectivity index (χ3n) is 4.69. The maximum absolute atomic E-state index is 5.95. The Labute approximate surface area is 182 Å². The van der Waals surface area contributed by atoms with Crippen LogP contribution in [0.3, 0.4) is 0 Å². The highest BCUT2D eigenvalue weighted by atomic mass is 127. The number of nitrogens with one attached hydrogen (secondary N) is 2. The average Bonchev–Trinajstić information content (AvgIpc) is 2.61. The first-order chi connectivity index (χ1) is 12.5. The smallest absolute Gasteiger partial charge is 0.191 e. The van der Waals surface area contributed by atoms with Gasteiger partial charge in [0.05, 0.1) is 6.54 Å². The summed E-state index contributed by atoms with van der Waals surface area (Å²) in [6, 6.07) is 8.68. The molecule has 1 heterocycles. The Hall–Kier alpha value is -1.02. The minimum atomic E-state index is 0. The number of halogens is 1. The van der Waals surface area contributed by atoms with Gasteiger partial charge in [0.25, 0.3) is 0 Å². The van der Waals surface area contributed by atoms with E-state index in [0.717, 1.165) is 24.2 Å². The third kappa shape index (κ3) is 9.14. The lowest BCUT2D eigenvalue weighted by atomic mass is 10.0. The first kappa shape index (κ1) is 24.0. The van der Waals surface area contributed by atoms with Crippen molar-refractivity contribution >= 4 is 29.9 Å². The summed E-state index contributed by atoms with van der Waals surface area (Å²) in [4.78, 5) is 6.93. The molecule has 6 heteroatoms. The van der Waals surface area contributed by atoms with E-state index in [1.807, 2.05) is 19.2 Å². The minimum absolute atomic E-state index is 0. The molecule has 0 radical (unpaired) electrons. The molecule has 1 aliphatic heterocycles. The molecule has 27 heavy (non-hydrogen) atoms. The average molecular weight is 488 g/mol. The van der Waals surface area contributed by atoms with Gasteiger partial charge in [0.1, 0.15) is 11.9 Å². The standard InChI is InChI=1S/C21H36N4O.HI/c1-16(2)15-25-12-10-19(11-13-25)24-21(22-5)23-14-18(4)26-20-8-6-17(3)7-9-20;/h6-9,16,18-19H,10-15H2,1-5H3,(H2,22,23,24);1H. The highest BCUT2D eigenvalue weighted by Gasteiger charge is 2.20. The number of piperidine rings is 1. The summed E-state index contributed by atoms with van der Waals surface area (Å²) >= 11 is 0. The van der Waals surface area contributed by atoms with Crippen LogP contribution in [0.1, 0.15) is 39.2 Å². The highest BCUT2D eigenvalue weighted by molar-refractivity contribution is 14.0.